The molecule has 1 atom stereocenters. The van der Waals surface area contributed by atoms with Gasteiger partial charge in [-0.1, -0.05) is 17.3 Å². The highest BCUT2D eigenvalue weighted by Crippen LogP contribution is 2.18. The molecule has 2 aromatic rings. The normalized spacial score (nSPS) is 12.7. The standard InChI is InChI=1S/C13H17N3O3/c1-9(19-2)6-7-16-13-10(8-12(17)18)4-3-5-11(13)14-15-16/h3-5,9H,6-8H2,1-2H3,(H,17,18). The summed E-state index contributed by atoms with van der Waals surface area (Å²) >= 11 is 0. The van der Waals surface area contributed by atoms with Gasteiger partial charge in [-0.3, -0.25) is 4.79 Å². The van der Waals surface area contributed by atoms with Crippen LogP contribution in [0.25, 0.3) is 11.0 Å². The van der Waals surface area contributed by atoms with Crippen LogP contribution in [0.5, 0.6) is 0 Å². The van der Waals surface area contributed by atoms with E-state index in [2.05, 4.69) is 10.3 Å². The molecule has 19 heavy (non-hydrogen) atoms. The first-order chi connectivity index (χ1) is 9.11. The molecule has 0 fully saturated rings. The number of fused-ring (bicyclic) bond motifs is 1. The Morgan fingerprint density at radius 1 is 1.53 bits per heavy atom. The summed E-state index contributed by atoms with van der Waals surface area (Å²) in [5, 5.41) is 17.1. The van der Waals surface area contributed by atoms with Gasteiger partial charge in [0, 0.05) is 13.7 Å². The topological polar surface area (TPSA) is 77.2 Å². The van der Waals surface area contributed by atoms with Gasteiger partial charge in [0.15, 0.2) is 0 Å². The van der Waals surface area contributed by atoms with Crippen LogP contribution in [0.3, 0.4) is 0 Å². The minimum atomic E-state index is -0.856. The number of carboxylic acid groups (broad SMARTS) is 1. The fraction of sp³-hybridized carbons (Fsp3) is 0.462. The number of methoxy groups -OCH3 is 1. The lowest BCUT2D eigenvalue weighted by atomic mass is 10.1. The highest BCUT2D eigenvalue weighted by molar-refractivity contribution is 5.83. The third kappa shape index (κ3) is 3.08. The largest absolute Gasteiger partial charge is 0.481 e. The molecule has 1 aromatic carbocycles. The van der Waals surface area contributed by atoms with Gasteiger partial charge in [-0.15, -0.1) is 5.10 Å². The lowest BCUT2D eigenvalue weighted by Crippen LogP contribution is -2.12. The lowest BCUT2D eigenvalue weighted by Gasteiger charge is -2.10. The number of aromatic nitrogens is 3. The van der Waals surface area contributed by atoms with E-state index in [1.165, 1.54) is 0 Å². The Morgan fingerprint density at radius 3 is 3.00 bits per heavy atom. The number of hydrogen-bond donors (Lipinski definition) is 1. The van der Waals surface area contributed by atoms with Crippen molar-refractivity contribution >= 4 is 17.0 Å². The van der Waals surface area contributed by atoms with Crippen LogP contribution in [0, 0.1) is 0 Å². The number of aryl methyl sites for hydroxylation is 1. The summed E-state index contributed by atoms with van der Waals surface area (Å²) in [5.74, 6) is -0.856. The molecular formula is C13H17N3O3. The Kier molecular flexibility index (Phi) is 4.11. The number of carbonyl (C=O) groups is 1. The van der Waals surface area contributed by atoms with Crippen molar-refractivity contribution in [3.05, 3.63) is 23.8 Å². The van der Waals surface area contributed by atoms with Crippen molar-refractivity contribution in [2.75, 3.05) is 7.11 Å². The first-order valence-corrected chi connectivity index (χ1v) is 6.17. The van der Waals surface area contributed by atoms with Crippen molar-refractivity contribution in [3.8, 4) is 0 Å². The van der Waals surface area contributed by atoms with E-state index in [-0.39, 0.29) is 12.5 Å². The van der Waals surface area contributed by atoms with Crippen molar-refractivity contribution in [2.45, 2.75) is 32.4 Å². The number of carboxylic acids is 1. The van der Waals surface area contributed by atoms with E-state index in [0.29, 0.717) is 6.54 Å². The summed E-state index contributed by atoms with van der Waals surface area (Å²) in [6, 6.07) is 5.44. The Bertz CT molecular complexity index is 580. The number of hydrogen-bond acceptors (Lipinski definition) is 4. The van der Waals surface area contributed by atoms with Gasteiger partial charge in [-0.25, -0.2) is 4.68 Å². The highest BCUT2D eigenvalue weighted by atomic mass is 16.5. The predicted octanol–water partition coefficient (Wildman–Crippen LogP) is 1.48. The molecule has 0 spiro atoms. The van der Waals surface area contributed by atoms with E-state index in [1.807, 2.05) is 13.0 Å². The Hall–Kier alpha value is -1.95. The highest BCUT2D eigenvalue weighted by Gasteiger charge is 2.12. The van der Waals surface area contributed by atoms with Crippen LogP contribution in [0.4, 0.5) is 0 Å². The third-order valence-electron chi connectivity index (χ3n) is 3.11. The second kappa shape index (κ2) is 5.79. The van der Waals surface area contributed by atoms with Crippen molar-refractivity contribution in [1.82, 2.24) is 15.0 Å². The maximum atomic E-state index is 10.9. The molecule has 0 amide bonds. The van der Waals surface area contributed by atoms with Crippen LogP contribution in [0.15, 0.2) is 18.2 Å². The van der Waals surface area contributed by atoms with Gasteiger partial charge < -0.3 is 9.84 Å². The zero-order chi connectivity index (χ0) is 13.8. The first-order valence-electron chi connectivity index (χ1n) is 6.17. The van der Waals surface area contributed by atoms with Crippen molar-refractivity contribution in [3.63, 3.8) is 0 Å². The molecule has 6 nitrogen and oxygen atoms in total. The smallest absolute Gasteiger partial charge is 0.307 e. The summed E-state index contributed by atoms with van der Waals surface area (Å²) in [4.78, 5) is 10.9. The number of rotatable bonds is 6. The summed E-state index contributed by atoms with van der Waals surface area (Å²) < 4.78 is 6.95. The average molecular weight is 263 g/mol. The predicted molar refractivity (Wildman–Crippen MR) is 70.0 cm³/mol. The number of para-hydroxylation sites is 1. The van der Waals surface area contributed by atoms with Crippen LogP contribution >= 0.6 is 0 Å². The van der Waals surface area contributed by atoms with E-state index < -0.39 is 5.97 Å². The van der Waals surface area contributed by atoms with Gasteiger partial charge in [-0.05, 0) is 25.0 Å². The molecular weight excluding hydrogens is 246 g/mol. The molecule has 0 aliphatic heterocycles. The minimum absolute atomic E-state index is 0.0233. The number of benzene rings is 1. The minimum Gasteiger partial charge on any atom is -0.481 e. The molecule has 102 valence electrons. The van der Waals surface area contributed by atoms with Gasteiger partial charge in [0.2, 0.25) is 0 Å². The van der Waals surface area contributed by atoms with Gasteiger partial charge in [0.1, 0.15) is 5.52 Å². The molecule has 1 aromatic heterocycles. The van der Waals surface area contributed by atoms with Crippen LogP contribution in [-0.2, 0) is 22.5 Å². The number of nitrogens with zero attached hydrogens (tertiary/aromatic N) is 3. The fourth-order valence-corrected chi connectivity index (χ4v) is 1.99. The average Bonchev–Trinajstić information content (AvgIpc) is 2.79. The van der Waals surface area contributed by atoms with E-state index in [9.17, 15) is 4.79 Å². The van der Waals surface area contributed by atoms with Crippen molar-refractivity contribution in [1.29, 1.82) is 0 Å². The molecule has 2 rings (SSSR count). The van der Waals surface area contributed by atoms with E-state index in [0.717, 1.165) is 23.0 Å². The molecule has 0 bridgehead atoms. The molecule has 0 aliphatic rings. The SMILES string of the molecule is COC(C)CCn1nnc2cccc(CC(=O)O)c21. The fourth-order valence-electron chi connectivity index (χ4n) is 1.99. The molecule has 1 N–H and O–H groups in total. The second-order valence-electron chi connectivity index (χ2n) is 4.50. The molecule has 0 saturated heterocycles. The van der Waals surface area contributed by atoms with Crippen molar-refractivity contribution < 1.29 is 14.6 Å². The van der Waals surface area contributed by atoms with Gasteiger partial charge in [-0.2, -0.15) is 0 Å². The molecule has 1 heterocycles. The molecule has 1 unspecified atom stereocenters. The van der Waals surface area contributed by atoms with Gasteiger partial charge in [0.25, 0.3) is 0 Å². The van der Waals surface area contributed by atoms with E-state index >= 15 is 0 Å². The van der Waals surface area contributed by atoms with Crippen LogP contribution < -0.4 is 0 Å². The van der Waals surface area contributed by atoms with E-state index in [4.69, 9.17) is 9.84 Å². The van der Waals surface area contributed by atoms with Crippen LogP contribution in [0.2, 0.25) is 0 Å². The zero-order valence-corrected chi connectivity index (χ0v) is 11.0. The second-order valence-corrected chi connectivity index (χ2v) is 4.50. The van der Waals surface area contributed by atoms with Gasteiger partial charge in [0.05, 0.1) is 18.0 Å². The zero-order valence-electron chi connectivity index (χ0n) is 11.0. The molecule has 0 radical (unpaired) electrons. The van der Waals surface area contributed by atoms with Gasteiger partial charge >= 0.3 is 5.97 Å². The maximum Gasteiger partial charge on any atom is 0.307 e. The third-order valence-corrected chi connectivity index (χ3v) is 3.11. The Labute approximate surface area is 111 Å². The summed E-state index contributed by atoms with van der Waals surface area (Å²) in [7, 11) is 1.67. The maximum absolute atomic E-state index is 10.9. The number of ether oxygens (including phenoxy) is 1. The van der Waals surface area contributed by atoms with E-state index in [1.54, 1.807) is 23.9 Å². The lowest BCUT2D eigenvalue weighted by molar-refractivity contribution is -0.136. The Balaban J connectivity index is 2.31. The monoisotopic (exact) mass is 263 g/mol. The summed E-state index contributed by atoms with van der Waals surface area (Å²) in [5.41, 5.74) is 2.26. The van der Waals surface area contributed by atoms with Crippen LogP contribution in [0.1, 0.15) is 18.9 Å². The molecule has 6 heteroatoms. The Morgan fingerprint density at radius 2 is 2.32 bits per heavy atom. The quantitative estimate of drug-likeness (QED) is 0.854. The van der Waals surface area contributed by atoms with Crippen LogP contribution in [-0.4, -0.2) is 39.3 Å². The summed E-state index contributed by atoms with van der Waals surface area (Å²) in [6.07, 6.45) is 0.909. The molecule has 0 aliphatic carbocycles. The number of aliphatic carboxylic acids is 1. The molecule has 0 saturated carbocycles. The summed E-state index contributed by atoms with van der Waals surface area (Å²) in [6.45, 7) is 2.64. The van der Waals surface area contributed by atoms with Crippen molar-refractivity contribution in [2.24, 2.45) is 0 Å². The first kappa shape index (κ1) is 13.5.